The number of rotatable bonds is 0. The zero-order chi connectivity index (χ0) is 10.6. The number of hydrogen-bond acceptors (Lipinski definition) is 0. The van der Waals surface area contributed by atoms with Crippen LogP contribution < -0.4 is 0 Å². The molecule has 2 rings (SSSR count). The predicted molar refractivity (Wildman–Crippen MR) is 55.6 cm³/mol. The van der Waals surface area contributed by atoms with Gasteiger partial charge in [0.25, 0.3) is 0 Å². The van der Waals surface area contributed by atoms with Crippen LogP contribution in [0.3, 0.4) is 0 Å². The molecular formula is C12H22F2. The molecule has 2 saturated carbocycles. The molecule has 0 amide bonds. The Bertz CT molecular complexity index is 152. The second kappa shape index (κ2) is 5.09. The molecule has 0 saturated heterocycles. The summed E-state index contributed by atoms with van der Waals surface area (Å²) in [6, 6.07) is 0. The fourth-order valence-electron chi connectivity index (χ4n) is 2.27. The average Bonchev–Trinajstić information content (AvgIpc) is 2.03. The second-order valence-corrected chi connectivity index (χ2v) is 5.11. The Kier molecular flexibility index (Phi) is 4.33. The highest BCUT2D eigenvalue weighted by Gasteiger charge is 2.42. The number of halogens is 2. The molecule has 0 aromatic heterocycles. The van der Waals surface area contributed by atoms with Gasteiger partial charge in [-0.1, -0.05) is 46.0 Å². The minimum Gasteiger partial charge on any atom is -0.207 e. The smallest absolute Gasteiger partial charge is 0.207 e. The highest BCUT2D eigenvalue weighted by atomic mass is 19.3. The van der Waals surface area contributed by atoms with Crippen LogP contribution in [0.5, 0.6) is 0 Å². The van der Waals surface area contributed by atoms with E-state index in [4.69, 9.17) is 0 Å². The lowest BCUT2D eigenvalue weighted by Crippen LogP contribution is -2.33. The predicted octanol–water partition coefficient (Wildman–Crippen LogP) is 4.64. The third kappa shape index (κ3) is 4.39. The van der Waals surface area contributed by atoms with Gasteiger partial charge in [0.05, 0.1) is 0 Å². The van der Waals surface area contributed by atoms with Crippen LogP contribution in [0, 0.1) is 11.8 Å². The van der Waals surface area contributed by atoms with Gasteiger partial charge in [-0.15, -0.1) is 0 Å². The Balaban J connectivity index is 0.000000140. The van der Waals surface area contributed by atoms with Gasteiger partial charge in [-0.25, -0.2) is 8.78 Å². The molecule has 2 aliphatic carbocycles. The molecule has 0 aliphatic heterocycles. The molecule has 0 nitrogen and oxygen atoms in total. The van der Waals surface area contributed by atoms with Crippen molar-refractivity contribution in [2.45, 2.75) is 64.7 Å². The van der Waals surface area contributed by atoms with Gasteiger partial charge in [-0.05, 0) is 11.8 Å². The van der Waals surface area contributed by atoms with Gasteiger partial charge in [-0.3, -0.25) is 0 Å². The van der Waals surface area contributed by atoms with E-state index < -0.39 is 5.92 Å². The highest BCUT2D eigenvalue weighted by Crippen LogP contribution is 2.41. The molecular weight excluding hydrogens is 182 g/mol. The molecule has 0 heterocycles. The number of alkyl halides is 2. The monoisotopic (exact) mass is 204 g/mol. The maximum Gasteiger partial charge on any atom is 0.248 e. The third-order valence-electron chi connectivity index (χ3n) is 3.19. The van der Waals surface area contributed by atoms with E-state index in [2.05, 4.69) is 6.92 Å². The van der Waals surface area contributed by atoms with E-state index in [9.17, 15) is 8.78 Å². The first-order valence-corrected chi connectivity index (χ1v) is 5.87. The van der Waals surface area contributed by atoms with Gasteiger partial charge in [0.1, 0.15) is 0 Å². The van der Waals surface area contributed by atoms with Crippen molar-refractivity contribution in [1.82, 2.24) is 0 Å². The van der Waals surface area contributed by atoms with Crippen molar-refractivity contribution in [3.05, 3.63) is 0 Å². The first-order valence-electron chi connectivity index (χ1n) is 5.87. The topological polar surface area (TPSA) is 0 Å². The van der Waals surface area contributed by atoms with E-state index in [-0.39, 0.29) is 18.8 Å². The first kappa shape index (κ1) is 11.9. The summed E-state index contributed by atoms with van der Waals surface area (Å²) in [4.78, 5) is 0. The van der Waals surface area contributed by atoms with Crippen molar-refractivity contribution in [1.29, 1.82) is 0 Å². The average molecular weight is 204 g/mol. The molecule has 2 heteroatoms. The Morgan fingerprint density at radius 2 is 1.36 bits per heavy atom. The molecule has 0 atom stereocenters. The van der Waals surface area contributed by atoms with Gasteiger partial charge in [0.15, 0.2) is 0 Å². The Labute approximate surface area is 86.1 Å². The van der Waals surface area contributed by atoms with Crippen molar-refractivity contribution >= 4 is 0 Å². The van der Waals surface area contributed by atoms with E-state index >= 15 is 0 Å². The van der Waals surface area contributed by atoms with E-state index in [0.29, 0.717) is 0 Å². The largest absolute Gasteiger partial charge is 0.248 e. The van der Waals surface area contributed by atoms with Gasteiger partial charge < -0.3 is 0 Å². The summed E-state index contributed by atoms with van der Waals surface area (Å²) < 4.78 is 23.6. The zero-order valence-corrected chi connectivity index (χ0v) is 9.36. The van der Waals surface area contributed by atoms with Crippen molar-refractivity contribution in [3.63, 3.8) is 0 Å². The maximum absolute atomic E-state index is 11.8. The molecule has 0 radical (unpaired) electrons. The SMILES string of the molecule is CC1CC(F)(F)C1.CC1CCCCC1. The Morgan fingerprint density at radius 1 is 0.857 bits per heavy atom. The van der Waals surface area contributed by atoms with E-state index in [1.807, 2.05) is 6.92 Å². The zero-order valence-electron chi connectivity index (χ0n) is 9.36. The molecule has 2 fully saturated rings. The van der Waals surface area contributed by atoms with Gasteiger partial charge in [-0.2, -0.15) is 0 Å². The van der Waals surface area contributed by atoms with Crippen LogP contribution in [0.25, 0.3) is 0 Å². The van der Waals surface area contributed by atoms with Crippen LogP contribution in [0.4, 0.5) is 8.78 Å². The Morgan fingerprint density at radius 3 is 1.50 bits per heavy atom. The molecule has 0 bridgehead atoms. The Hall–Kier alpha value is -0.140. The van der Waals surface area contributed by atoms with Crippen molar-refractivity contribution in [2.24, 2.45) is 11.8 Å². The van der Waals surface area contributed by atoms with E-state index in [0.717, 1.165) is 5.92 Å². The quantitative estimate of drug-likeness (QED) is 0.539. The summed E-state index contributed by atoms with van der Waals surface area (Å²) in [5.41, 5.74) is 0. The van der Waals surface area contributed by atoms with Crippen molar-refractivity contribution in [3.8, 4) is 0 Å². The summed E-state index contributed by atoms with van der Waals surface area (Å²) in [5, 5.41) is 0. The normalized spacial score (nSPS) is 27.4. The van der Waals surface area contributed by atoms with Crippen molar-refractivity contribution in [2.75, 3.05) is 0 Å². The molecule has 0 N–H and O–H groups in total. The van der Waals surface area contributed by atoms with E-state index in [1.54, 1.807) is 0 Å². The summed E-state index contributed by atoms with van der Waals surface area (Å²) in [5.74, 6) is -1.01. The van der Waals surface area contributed by atoms with Crippen LogP contribution in [-0.4, -0.2) is 5.92 Å². The lowest BCUT2D eigenvalue weighted by molar-refractivity contribution is -0.104. The number of hydrogen-bond donors (Lipinski definition) is 0. The van der Waals surface area contributed by atoms with Crippen molar-refractivity contribution < 1.29 is 8.78 Å². The molecule has 14 heavy (non-hydrogen) atoms. The fourth-order valence-corrected chi connectivity index (χ4v) is 2.27. The van der Waals surface area contributed by atoms with Crippen LogP contribution in [-0.2, 0) is 0 Å². The van der Waals surface area contributed by atoms with Crippen LogP contribution >= 0.6 is 0 Å². The summed E-state index contributed by atoms with van der Waals surface area (Å²) >= 11 is 0. The van der Waals surface area contributed by atoms with Crippen LogP contribution in [0.2, 0.25) is 0 Å². The summed E-state index contributed by atoms with van der Waals surface area (Å²) in [6.45, 7) is 4.20. The van der Waals surface area contributed by atoms with Gasteiger partial charge in [0.2, 0.25) is 5.92 Å². The van der Waals surface area contributed by atoms with Crippen LogP contribution in [0.1, 0.15) is 58.8 Å². The standard InChI is InChI=1S/C7H14.C5H8F2/c1-7-5-3-2-4-6-7;1-4-2-5(6,7)3-4/h7H,2-6H2,1H3;4H,2-3H2,1H3. The second-order valence-electron chi connectivity index (χ2n) is 5.11. The molecule has 2 aliphatic rings. The maximum atomic E-state index is 11.8. The lowest BCUT2D eigenvalue weighted by atomic mass is 9.83. The minimum absolute atomic E-state index is 0.104. The molecule has 0 unspecified atom stereocenters. The molecule has 0 aromatic carbocycles. The third-order valence-corrected chi connectivity index (χ3v) is 3.19. The minimum atomic E-state index is -2.31. The molecule has 0 aromatic rings. The highest BCUT2D eigenvalue weighted by molar-refractivity contribution is 4.82. The molecule has 84 valence electrons. The summed E-state index contributed by atoms with van der Waals surface area (Å²) in [7, 11) is 0. The fraction of sp³-hybridized carbons (Fsp3) is 1.00. The van der Waals surface area contributed by atoms with Gasteiger partial charge in [0, 0.05) is 12.8 Å². The molecule has 0 spiro atoms. The first-order chi connectivity index (χ1) is 6.49. The lowest BCUT2D eigenvalue weighted by Gasteiger charge is -2.31. The summed E-state index contributed by atoms with van der Waals surface area (Å²) in [6.07, 6.45) is 7.65. The van der Waals surface area contributed by atoms with Gasteiger partial charge >= 0.3 is 0 Å². The van der Waals surface area contributed by atoms with E-state index in [1.165, 1.54) is 32.1 Å². The van der Waals surface area contributed by atoms with Crippen LogP contribution in [0.15, 0.2) is 0 Å².